The number of carbonyl (C=O) groups is 1. The van der Waals surface area contributed by atoms with Crippen LogP contribution in [0.5, 0.6) is 0 Å². The van der Waals surface area contributed by atoms with E-state index >= 15 is 0 Å². The molecule has 1 atom stereocenters. The molecule has 5 nitrogen and oxygen atoms in total. The number of aromatic nitrogens is 3. The lowest BCUT2D eigenvalue weighted by atomic mass is 9.85. The summed E-state index contributed by atoms with van der Waals surface area (Å²) in [6.45, 7) is 0. The third kappa shape index (κ3) is 3.30. The lowest BCUT2D eigenvalue weighted by Crippen LogP contribution is -2.31. The Hall–Kier alpha value is -2.05. The minimum Gasteiger partial charge on any atom is -0.328 e. The molecule has 0 saturated carbocycles. The van der Waals surface area contributed by atoms with E-state index in [0.29, 0.717) is 43.9 Å². The highest BCUT2D eigenvalue weighted by molar-refractivity contribution is 6.42. The molecular formula is C21H14Cl4N4O. The highest BCUT2D eigenvalue weighted by atomic mass is 35.5. The van der Waals surface area contributed by atoms with E-state index in [0.717, 1.165) is 29.7 Å². The minimum atomic E-state index is -0.442. The number of ketones is 1. The zero-order valence-corrected chi connectivity index (χ0v) is 18.4. The van der Waals surface area contributed by atoms with Gasteiger partial charge in [-0.3, -0.25) is 4.79 Å². The quantitative estimate of drug-likeness (QED) is 0.450. The molecule has 1 aromatic heterocycles. The number of nitrogens with one attached hydrogen (secondary N) is 1. The molecule has 5 rings (SSSR count). The normalized spacial score (nSPS) is 18.1. The van der Waals surface area contributed by atoms with Gasteiger partial charge in [-0.15, -0.1) is 5.10 Å². The molecule has 1 unspecified atom stereocenters. The molecule has 0 radical (unpaired) electrons. The Bertz CT molecular complexity index is 1230. The molecule has 2 aliphatic rings. The first kappa shape index (κ1) is 19.9. The Labute approximate surface area is 192 Å². The van der Waals surface area contributed by atoms with Crippen molar-refractivity contribution in [3.63, 3.8) is 0 Å². The maximum Gasteiger partial charge on any atom is 0.226 e. The van der Waals surface area contributed by atoms with E-state index in [-0.39, 0.29) is 5.78 Å². The fourth-order valence-corrected chi connectivity index (χ4v) is 4.51. The van der Waals surface area contributed by atoms with Crippen LogP contribution in [0.4, 0.5) is 5.95 Å². The molecule has 0 amide bonds. The van der Waals surface area contributed by atoms with Gasteiger partial charge in [0.1, 0.15) is 6.04 Å². The average Bonchev–Trinajstić information content (AvgIpc) is 3.14. The van der Waals surface area contributed by atoms with Gasteiger partial charge >= 0.3 is 0 Å². The van der Waals surface area contributed by atoms with Gasteiger partial charge in [-0.2, -0.15) is 4.98 Å². The zero-order valence-electron chi connectivity index (χ0n) is 15.4. The average molecular weight is 480 g/mol. The van der Waals surface area contributed by atoms with Crippen LogP contribution in [0.2, 0.25) is 20.1 Å². The molecule has 0 saturated heterocycles. The SMILES string of the molecule is O=C1CCCC2=C1C(c1ccc(Cl)c(Cl)c1)n1nc(-c3ccc(Cl)c(Cl)c3)nc1N2. The number of allylic oxidation sites excluding steroid dienone is 2. The van der Waals surface area contributed by atoms with Crippen LogP contribution < -0.4 is 5.32 Å². The maximum absolute atomic E-state index is 12.9. The molecule has 152 valence electrons. The first-order valence-electron chi connectivity index (χ1n) is 9.32. The van der Waals surface area contributed by atoms with Crippen molar-refractivity contribution < 1.29 is 4.79 Å². The number of carbonyl (C=O) groups excluding carboxylic acids is 1. The Balaban J connectivity index is 1.68. The number of rotatable bonds is 2. The molecule has 1 N–H and O–H groups in total. The molecule has 0 spiro atoms. The zero-order chi connectivity index (χ0) is 21.0. The van der Waals surface area contributed by atoms with E-state index in [1.54, 1.807) is 28.9 Å². The van der Waals surface area contributed by atoms with Gasteiger partial charge in [0.15, 0.2) is 11.6 Å². The summed E-state index contributed by atoms with van der Waals surface area (Å²) >= 11 is 24.6. The van der Waals surface area contributed by atoms with E-state index in [9.17, 15) is 4.79 Å². The van der Waals surface area contributed by atoms with Gasteiger partial charge in [-0.1, -0.05) is 52.5 Å². The van der Waals surface area contributed by atoms with Crippen molar-refractivity contribution in [2.24, 2.45) is 0 Å². The molecule has 2 heterocycles. The maximum atomic E-state index is 12.9. The smallest absolute Gasteiger partial charge is 0.226 e. The number of anilines is 1. The highest BCUT2D eigenvalue weighted by Gasteiger charge is 2.37. The van der Waals surface area contributed by atoms with Gasteiger partial charge in [0.2, 0.25) is 5.95 Å². The predicted octanol–water partition coefficient (Wildman–Crippen LogP) is 6.58. The van der Waals surface area contributed by atoms with Gasteiger partial charge in [0, 0.05) is 23.3 Å². The van der Waals surface area contributed by atoms with Crippen LogP contribution in [-0.2, 0) is 4.79 Å². The first-order valence-corrected chi connectivity index (χ1v) is 10.8. The second kappa shape index (κ2) is 7.57. The van der Waals surface area contributed by atoms with Gasteiger partial charge in [-0.05, 0) is 48.7 Å². The molecule has 0 fully saturated rings. The monoisotopic (exact) mass is 478 g/mol. The highest BCUT2D eigenvalue weighted by Crippen LogP contribution is 2.42. The molecule has 2 aromatic carbocycles. The van der Waals surface area contributed by atoms with Crippen LogP contribution in [0.25, 0.3) is 11.4 Å². The lowest BCUT2D eigenvalue weighted by molar-refractivity contribution is -0.116. The Morgan fingerprint density at radius 2 is 1.67 bits per heavy atom. The van der Waals surface area contributed by atoms with Crippen molar-refractivity contribution >= 4 is 58.1 Å². The van der Waals surface area contributed by atoms with E-state index in [1.807, 2.05) is 12.1 Å². The standard InChI is InChI=1S/C21H14Cl4N4O/c22-12-6-4-10(8-14(12)24)19-18-16(2-1-3-17(18)30)26-21-27-20(28-29(19)21)11-5-7-13(23)15(25)9-11/h4-9,19H,1-3H2,(H,26,27,28). The van der Waals surface area contributed by atoms with E-state index in [2.05, 4.69) is 10.3 Å². The van der Waals surface area contributed by atoms with Crippen LogP contribution in [-0.4, -0.2) is 20.5 Å². The largest absolute Gasteiger partial charge is 0.328 e. The minimum absolute atomic E-state index is 0.0945. The second-order valence-electron chi connectivity index (χ2n) is 7.20. The second-order valence-corrected chi connectivity index (χ2v) is 8.83. The fraction of sp³-hybridized carbons (Fsp3) is 0.190. The van der Waals surface area contributed by atoms with Gasteiger partial charge < -0.3 is 5.32 Å². The molecule has 3 aromatic rings. The van der Waals surface area contributed by atoms with E-state index < -0.39 is 6.04 Å². The third-order valence-electron chi connectivity index (χ3n) is 5.31. The number of nitrogens with zero attached hydrogens (tertiary/aromatic N) is 3. The summed E-state index contributed by atoms with van der Waals surface area (Å²) in [5.74, 6) is 1.13. The van der Waals surface area contributed by atoms with Crippen LogP contribution in [0, 0.1) is 0 Å². The van der Waals surface area contributed by atoms with Crippen molar-refractivity contribution in [3.05, 3.63) is 73.3 Å². The molecule has 0 bridgehead atoms. The summed E-state index contributed by atoms with van der Waals surface area (Å²) in [6, 6.07) is 10.2. The van der Waals surface area contributed by atoms with Crippen molar-refractivity contribution in [3.8, 4) is 11.4 Å². The summed E-state index contributed by atoms with van der Waals surface area (Å²) in [6.07, 6.45) is 2.07. The summed E-state index contributed by atoms with van der Waals surface area (Å²) in [5.41, 5.74) is 3.12. The number of Topliss-reactive ketones (excluding diaryl/α,β-unsaturated/α-hetero) is 1. The number of halogens is 4. The third-order valence-corrected chi connectivity index (χ3v) is 6.78. The molecular weight excluding hydrogens is 466 g/mol. The van der Waals surface area contributed by atoms with Crippen molar-refractivity contribution in [1.29, 1.82) is 0 Å². The van der Waals surface area contributed by atoms with Gasteiger partial charge in [0.25, 0.3) is 0 Å². The first-order chi connectivity index (χ1) is 14.4. The van der Waals surface area contributed by atoms with Crippen molar-refractivity contribution in [2.45, 2.75) is 25.3 Å². The van der Waals surface area contributed by atoms with Crippen LogP contribution >= 0.6 is 46.4 Å². The van der Waals surface area contributed by atoms with Crippen LogP contribution in [0.15, 0.2) is 47.7 Å². The molecule has 9 heteroatoms. The molecule has 1 aliphatic heterocycles. The predicted molar refractivity (Wildman–Crippen MR) is 120 cm³/mol. The number of hydrogen-bond donors (Lipinski definition) is 1. The number of fused-ring (bicyclic) bond motifs is 1. The number of benzene rings is 2. The van der Waals surface area contributed by atoms with Crippen LogP contribution in [0.3, 0.4) is 0 Å². The summed E-state index contributed by atoms with van der Waals surface area (Å²) in [4.78, 5) is 17.5. The lowest BCUT2D eigenvalue weighted by Gasteiger charge is -2.32. The summed E-state index contributed by atoms with van der Waals surface area (Å²) < 4.78 is 1.72. The van der Waals surface area contributed by atoms with E-state index in [4.69, 9.17) is 51.5 Å². The van der Waals surface area contributed by atoms with Crippen molar-refractivity contribution in [2.75, 3.05) is 5.32 Å². The fourth-order valence-electron chi connectivity index (χ4n) is 3.90. The van der Waals surface area contributed by atoms with Gasteiger partial charge in [0.05, 0.1) is 20.1 Å². The Morgan fingerprint density at radius 3 is 2.40 bits per heavy atom. The number of hydrogen-bond acceptors (Lipinski definition) is 4. The van der Waals surface area contributed by atoms with Crippen LogP contribution in [0.1, 0.15) is 30.9 Å². The molecule has 1 aliphatic carbocycles. The van der Waals surface area contributed by atoms with Gasteiger partial charge in [-0.25, -0.2) is 4.68 Å². The Kier molecular flexibility index (Phi) is 5.02. The molecule has 30 heavy (non-hydrogen) atoms. The summed E-state index contributed by atoms with van der Waals surface area (Å²) in [7, 11) is 0. The topological polar surface area (TPSA) is 59.8 Å². The van der Waals surface area contributed by atoms with Crippen molar-refractivity contribution in [1.82, 2.24) is 14.8 Å². The Morgan fingerprint density at radius 1 is 0.933 bits per heavy atom. The summed E-state index contributed by atoms with van der Waals surface area (Å²) in [5, 5.41) is 9.76. The van der Waals surface area contributed by atoms with E-state index in [1.165, 1.54) is 0 Å².